The van der Waals surface area contributed by atoms with Crippen LogP contribution < -0.4 is 5.32 Å². The number of nitrogens with zero attached hydrogens (tertiary/aromatic N) is 4. The van der Waals surface area contributed by atoms with Crippen molar-refractivity contribution in [2.75, 3.05) is 13.1 Å². The third-order valence-electron chi connectivity index (χ3n) is 3.25. The standard InChI is InChI=1S/C12H14ClN5/c13-10-2-1-3-11(8-10)18-12(15-16-17-18)9-4-6-14-7-5-9/h1-3,8-9,14H,4-7H2. The first kappa shape index (κ1) is 11.6. The lowest BCUT2D eigenvalue weighted by Gasteiger charge is -2.21. The van der Waals surface area contributed by atoms with Gasteiger partial charge in [-0.1, -0.05) is 17.7 Å². The fraction of sp³-hybridized carbons (Fsp3) is 0.417. The van der Waals surface area contributed by atoms with E-state index in [0.717, 1.165) is 37.4 Å². The molecule has 18 heavy (non-hydrogen) atoms. The second-order valence-corrected chi connectivity index (χ2v) is 4.89. The van der Waals surface area contributed by atoms with E-state index in [4.69, 9.17) is 11.6 Å². The van der Waals surface area contributed by atoms with E-state index in [0.29, 0.717) is 10.9 Å². The molecule has 0 aliphatic carbocycles. The Balaban J connectivity index is 1.95. The van der Waals surface area contributed by atoms with Crippen LogP contribution in [0, 0.1) is 0 Å². The summed E-state index contributed by atoms with van der Waals surface area (Å²) in [4.78, 5) is 0. The molecule has 0 radical (unpaired) electrons. The van der Waals surface area contributed by atoms with Crippen molar-refractivity contribution in [1.82, 2.24) is 25.5 Å². The highest BCUT2D eigenvalue weighted by molar-refractivity contribution is 6.30. The molecule has 0 bridgehead atoms. The summed E-state index contributed by atoms with van der Waals surface area (Å²) in [5, 5.41) is 16.1. The highest BCUT2D eigenvalue weighted by Gasteiger charge is 2.22. The van der Waals surface area contributed by atoms with Gasteiger partial charge in [0.05, 0.1) is 5.69 Å². The van der Waals surface area contributed by atoms with Crippen molar-refractivity contribution in [3.8, 4) is 5.69 Å². The Morgan fingerprint density at radius 3 is 2.89 bits per heavy atom. The Morgan fingerprint density at radius 2 is 2.11 bits per heavy atom. The van der Waals surface area contributed by atoms with Gasteiger partial charge < -0.3 is 5.32 Å². The Morgan fingerprint density at radius 1 is 1.28 bits per heavy atom. The van der Waals surface area contributed by atoms with Crippen LogP contribution in [-0.2, 0) is 0 Å². The first-order valence-corrected chi connectivity index (χ1v) is 6.47. The van der Waals surface area contributed by atoms with Crippen LogP contribution in [0.25, 0.3) is 5.69 Å². The lowest BCUT2D eigenvalue weighted by Crippen LogP contribution is -2.28. The van der Waals surface area contributed by atoms with Crippen LogP contribution in [0.4, 0.5) is 0 Å². The molecule has 1 aliphatic rings. The second-order valence-electron chi connectivity index (χ2n) is 4.45. The van der Waals surface area contributed by atoms with Crippen LogP contribution in [0.1, 0.15) is 24.6 Å². The number of tetrazole rings is 1. The molecule has 1 fully saturated rings. The molecule has 2 heterocycles. The Bertz CT molecular complexity index is 533. The van der Waals surface area contributed by atoms with E-state index in [1.54, 1.807) is 4.68 Å². The average Bonchev–Trinajstić information content (AvgIpc) is 2.89. The molecule has 0 atom stereocenters. The monoisotopic (exact) mass is 263 g/mol. The second kappa shape index (κ2) is 5.04. The third-order valence-corrected chi connectivity index (χ3v) is 3.49. The van der Waals surface area contributed by atoms with Gasteiger partial charge in [-0.15, -0.1) is 5.10 Å². The van der Waals surface area contributed by atoms with Gasteiger partial charge in [0.15, 0.2) is 5.82 Å². The predicted octanol–water partition coefficient (Wildman–Crippen LogP) is 1.78. The van der Waals surface area contributed by atoms with Crippen molar-refractivity contribution in [3.05, 3.63) is 35.1 Å². The fourth-order valence-corrected chi connectivity index (χ4v) is 2.51. The number of nitrogens with one attached hydrogen (secondary N) is 1. The highest BCUT2D eigenvalue weighted by Crippen LogP contribution is 2.25. The summed E-state index contributed by atoms with van der Waals surface area (Å²) in [6.45, 7) is 2.04. The van der Waals surface area contributed by atoms with Gasteiger partial charge in [0.1, 0.15) is 0 Å². The molecule has 1 saturated heterocycles. The Hall–Kier alpha value is -1.46. The first-order valence-electron chi connectivity index (χ1n) is 6.09. The highest BCUT2D eigenvalue weighted by atomic mass is 35.5. The van der Waals surface area contributed by atoms with Gasteiger partial charge in [0.2, 0.25) is 0 Å². The van der Waals surface area contributed by atoms with E-state index >= 15 is 0 Å². The molecule has 0 amide bonds. The zero-order valence-corrected chi connectivity index (χ0v) is 10.6. The van der Waals surface area contributed by atoms with Crippen molar-refractivity contribution >= 4 is 11.6 Å². The topological polar surface area (TPSA) is 55.6 Å². The van der Waals surface area contributed by atoms with Crippen LogP contribution in [0.3, 0.4) is 0 Å². The van der Waals surface area contributed by atoms with Gasteiger partial charge in [-0.25, -0.2) is 0 Å². The summed E-state index contributed by atoms with van der Waals surface area (Å²) in [7, 11) is 0. The van der Waals surface area contributed by atoms with Gasteiger partial charge in [-0.05, 0) is 54.6 Å². The molecule has 0 spiro atoms. The van der Waals surface area contributed by atoms with E-state index < -0.39 is 0 Å². The van der Waals surface area contributed by atoms with Gasteiger partial charge in [-0.2, -0.15) is 4.68 Å². The van der Waals surface area contributed by atoms with Crippen molar-refractivity contribution in [3.63, 3.8) is 0 Å². The van der Waals surface area contributed by atoms with Gasteiger partial charge in [0, 0.05) is 10.9 Å². The quantitative estimate of drug-likeness (QED) is 0.897. The third kappa shape index (κ3) is 2.23. The van der Waals surface area contributed by atoms with Crippen LogP contribution >= 0.6 is 11.6 Å². The predicted molar refractivity (Wildman–Crippen MR) is 69.0 cm³/mol. The lowest BCUT2D eigenvalue weighted by molar-refractivity contribution is 0.438. The molecule has 0 unspecified atom stereocenters. The minimum Gasteiger partial charge on any atom is -0.317 e. The molecule has 1 N–H and O–H groups in total. The van der Waals surface area contributed by atoms with Crippen LogP contribution in [0.5, 0.6) is 0 Å². The molecule has 0 saturated carbocycles. The Labute approximate surface area is 110 Å². The van der Waals surface area contributed by atoms with E-state index in [2.05, 4.69) is 20.8 Å². The van der Waals surface area contributed by atoms with Gasteiger partial charge in [0.25, 0.3) is 0 Å². The summed E-state index contributed by atoms with van der Waals surface area (Å²) >= 11 is 6.01. The maximum Gasteiger partial charge on any atom is 0.159 e. The average molecular weight is 264 g/mol. The minimum atomic E-state index is 0.417. The van der Waals surface area contributed by atoms with Crippen LogP contribution in [0.2, 0.25) is 5.02 Å². The van der Waals surface area contributed by atoms with Crippen molar-refractivity contribution in [2.45, 2.75) is 18.8 Å². The normalized spacial score (nSPS) is 16.9. The summed E-state index contributed by atoms with van der Waals surface area (Å²) in [5.41, 5.74) is 0.918. The number of hydrogen-bond acceptors (Lipinski definition) is 4. The zero-order chi connectivity index (χ0) is 12.4. The van der Waals surface area contributed by atoms with Gasteiger partial charge in [-0.3, -0.25) is 0 Å². The fourth-order valence-electron chi connectivity index (χ4n) is 2.32. The first-order chi connectivity index (χ1) is 8.84. The number of piperidine rings is 1. The number of halogens is 1. The smallest absolute Gasteiger partial charge is 0.159 e. The molecule has 5 nitrogen and oxygen atoms in total. The van der Waals surface area contributed by atoms with Crippen molar-refractivity contribution < 1.29 is 0 Å². The number of aromatic nitrogens is 4. The van der Waals surface area contributed by atoms with Gasteiger partial charge >= 0.3 is 0 Å². The molecule has 2 aromatic rings. The minimum absolute atomic E-state index is 0.417. The Kier molecular flexibility index (Phi) is 3.25. The van der Waals surface area contributed by atoms with E-state index in [9.17, 15) is 0 Å². The summed E-state index contributed by atoms with van der Waals surface area (Å²) in [6.07, 6.45) is 2.14. The number of rotatable bonds is 2. The summed E-state index contributed by atoms with van der Waals surface area (Å²) in [6, 6.07) is 7.60. The summed E-state index contributed by atoms with van der Waals surface area (Å²) < 4.78 is 1.79. The van der Waals surface area contributed by atoms with E-state index in [1.807, 2.05) is 24.3 Å². The SMILES string of the molecule is Clc1cccc(-n2nnnc2C2CCNCC2)c1. The zero-order valence-electron chi connectivity index (χ0n) is 9.88. The molecular formula is C12H14ClN5. The molecule has 1 aromatic carbocycles. The molecule has 6 heteroatoms. The maximum absolute atomic E-state index is 6.01. The summed E-state index contributed by atoms with van der Waals surface area (Å²) in [5.74, 6) is 1.35. The van der Waals surface area contributed by atoms with Crippen molar-refractivity contribution in [1.29, 1.82) is 0 Å². The van der Waals surface area contributed by atoms with E-state index in [-0.39, 0.29) is 0 Å². The lowest BCUT2D eigenvalue weighted by atomic mass is 9.97. The molecular weight excluding hydrogens is 250 g/mol. The molecule has 1 aliphatic heterocycles. The largest absolute Gasteiger partial charge is 0.317 e. The van der Waals surface area contributed by atoms with Crippen LogP contribution in [-0.4, -0.2) is 33.3 Å². The van der Waals surface area contributed by atoms with Crippen molar-refractivity contribution in [2.24, 2.45) is 0 Å². The molecule has 94 valence electrons. The molecule has 3 rings (SSSR count). The maximum atomic E-state index is 6.01. The number of hydrogen-bond donors (Lipinski definition) is 1. The molecule has 1 aromatic heterocycles. The van der Waals surface area contributed by atoms with Crippen LogP contribution in [0.15, 0.2) is 24.3 Å². The number of benzene rings is 1. The van der Waals surface area contributed by atoms with E-state index in [1.165, 1.54) is 0 Å².